The van der Waals surface area contributed by atoms with Crippen molar-refractivity contribution in [3.05, 3.63) is 41.6 Å². The van der Waals surface area contributed by atoms with Crippen molar-refractivity contribution in [1.29, 1.82) is 0 Å². The minimum absolute atomic E-state index is 0.287. The van der Waals surface area contributed by atoms with E-state index in [4.69, 9.17) is 16.0 Å². The Morgan fingerprint density at radius 2 is 2.29 bits per heavy atom. The molecular weight excluding hydrogens is 238 g/mol. The minimum Gasteiger partial charge on any atom is -0.448 e. The Hall–Kier alpha value is -1.26. The highest BCUT2D eigenvalue weighted by atomic mass is 35.5. The number of furan rings is 1. The monoisotopic (exact) mass is 253 g/mol. The number of aromatic nitrogens is 2. The van der Waals surface area contributed by atoms with Gasteiger partial charge in [-0.15, -0.1) is 0 Å². The zero-order valence-electron chi connectivity index (χ0n) is 9.93. The summed E-state index contributed by atoms with van der Waals surface area (Å²) in [5.41, 5.74) is 0. The van der Waals surface area contributed by atoms with Gasteiger partial charge in [-0.1, -0.05) is 0 Å². The Morgan fingerprint density at radius 1 is 1.47 bits per heavy atom. The molecule has 17 heavy (non-hydrogen) atoms. The molecule has 0 aromatic carbocycles. The van der Waals surface area contributed by atoms with E-state index in [-0.39, 0.29) is 6.04 Å². The zero-order chi connectivity index (χ0) is 12.3. The molecule has 0 aliphatic carbocycles. The topological polar surface area (TPSA) is 43.0 Å². The number of rotatable bonds is 5. The third-order valence-corrected chi connectivity index (χ3v) is 3.10. The van der Waals surface area contributed by atoms with Gasteiger partial charge in [-0.2, -0.15) is 5.10 Å². The summed E-state index contributed by atoms with van der Waals surface area (Å²) in [4.78, 5) is 0. The number of hydrogen-bond acceptors (Lipinski definition) is 3. The van der Waals surface area contributed by atoms with Crippen LogP contribution in [-0.2, 0) is 6.54 Å². The summed E-state index contributed by atoms with van der Waals surface area (Å²) in [6.07, 6.45) is 3.75. The predicted octanol–water partition coefficient (Wildman–Crippen LogP) is 2.87. The smallest absolute Gasteiger partial charge is 0.193 e. The van der Waals surface area contributed by atoms with Gasteiger partial charge < -0.3 is 9.73 Å². The summed E-state index contributed by atoms with van der Waals surface area (Å²) in [6.45, 7) is 4.91. The Bertz CT molecular complexity index is 452. The third-order valence-electron chi connectivity index (χ3n) is 2.89. The maximum absolute atomic E-state index is 5.71. The molecule has 2 heterocycles. The summed E-state index contributed by atoms with van der Waals surface area (Å²) in [7, 11) is 0. The van der Waals surface area contributed by atoms with Crippen LogP contribution in [-0.4, -0.2) is 15.8 Å². The number of hydrogen-bond donors (Lipinski definition) is 1. The summed E-state index contributed by atoms with van der Waals surface area (Å²) >= 11 is 5.71. The first-order chi connectivity index (χ1) is 8.16. The van der Waals surface area contributed by atoms with Gasteiger partial charge in [0.05, 0.1) is 12.6 Å². The maximum atomic E-state index is 5.71. The van der Waals surface area contributed by atoms with Gasteiger partial charge in [-0.25, -0.2) is 0 Å². The van der Waals surface area contributed by atoms with Crippen LogP contribution in [0.1, 0.15) is 25.6 Å². The largest absolute Gasteiger partial charge is 0.448 e. The molecule has 0 fully saturated rings. The molecule has 0 aliphatic rings. The first-order valence-electron chi connectivity index (χ1n) is 5.63. The number of nitrogens with one attached hydrogen (secondary N) is 1. The molecule has 1 N–H and O–H groups in total. The minimum atomic E-state index is 0.287. The van der Waals surface area contributed by atoms with Crippen molar-refractivity contribution in [3.8, 4) is 0 Å². The van der Waals surface area contributed by atoms with E-state index in [1.165, 1.54) is 0 Å². The number of halogens is 1. The molecule has 2 aromatic rings. The van der Waals surface area contributed by atoms with Gasteiger partial charge in [0.25, 0.3) is 0 Å². The van der Waals surface area contributed by atoms with Crippen molar-refractivity contribution in [2.45, 2.75) is 32.5 Å². The van der Waals surface area contributed by atoms with E-state index in [0.29, 0.717) is 17.8 Å². The van der Waals surface area contributed by atoms with Crippen molar-refractivity contribution in [1.82, 2.24) is 15.1 Å². The first kappa shape index (κ1) is 12.2. The lowest BCUT2D eigenvalue weighted by Gasteiger charge is -2.21. The molecule has 0 radical (unpaired) electrons. The molecule has 0 saturated carbocycles. The Kier molecular flexibility index (Phi) is 3.86. The van der Waals surface area contributed by atoms with Crippen LogP contribution in [0.4, 0.5) is 0 Å². The van der Waals surface area contributed by atoms with Crippen LogP contribution < -0.4 is 5.32 Å². The standard InChI is InChI=1S/C12H16ClN3O/c1-9(10(2)16-7-3-6-15-16)14-8-11-4-5-12(13)17-11/h3-7,9-10,14H,8H2,1-2H3/t9-,10+/m0/s1. The van der Waals surface area contributed by atoms with E-state index in [0.717, 1.165) is 5.76 Å². The molecule has 5 heteroatoms. The molecule has 92 valence electrons. The first-order valence-corrected chi connectivity index (χ1v) is 6.01. The summed E-state index contributed by atoms with van der Waals surface area (Å²) in [5.74, 6) is 0.842. The second-order valence-electron chi connectivity index (χ2n) is 4.10. The number of nitrogens with zero attached hydrogens (tertiary/aromatic N) is 2. The van der Waals surface area contributed by atoms with E-state index < -0.39 is 0 Å². The van der Waals surface area contributed by atoms with E-state index in [1.54, 1.807) is 12.3 Å². The van der Waals surface area contributed by atoms with Crippen LogP contribution in [0.15, 0.2) is 35.0 Å². The lowest BCUT2D eigenvalue weighted by molar-refractivity contribution is 0.351. The molecule has 0 unspecified atom stereocenters. The molecular formula is C12H16ClN3O. The van der Waals surface area contributed by atoms with Crippen LogP contribution in [0.5, 0.6) is 0 Å². The van der Waals surface area contributed by atoms with Gasteiger partial charge in [-0.05, 0) is 43.6 Å². The predicted molar refractivity (Wildman–Crippen MR) is 67.0 cm³/mol. The highest BCUT2D eigenvalue weighted by molar-refractivity contribution is 6.28. The van der Waals surface area contributed by atoms with Gasteiger partial charge >= 0.3 is 0 Å². The van der Waals surface area contributed by atoms with Crippen molar-refractivity contribution in [3.63, 3.8) is 0 Å². The normalized spacial score (nSPS) is 14.8. The van der Waals surface area contributed by atoms with Crippen LogP contribution in [0.25, 0.3) is 0 Å². The molecule has 0 spiro atoms. The van der Waals surface area contributed by atoms with Crippen LogP contribution in [0.2, 0.25) is 5.22 Å². The van der Waals surface area contributed by atoms with Crippen molar-refractivity contribution in [2.24, 2.45) is 0 Å². The van der Waals surface area contributed by atoms with E-state index >= 15 is 0 Å². The lowest BCUT2D eigenvalue weighted by Crippen LogP contribution is -2.33. The molecule has 0 aliphatic heterocycles. The van der Waals surface area contributed by atoms with Gasteiger partial charge in [0, 0.05) is 18.4 Å². The highest BCUT2D eigenvalue weighted by Gasteiger charge is 2.14. The summed E-state index contributed by atoms with van der Waals surface area (Å²) in [5, 5.41) is 8.04. The Balaban J connectivity index is 1.87. The van der Waals surface area contributed by atoms with E-state index in [2.05, 4.69) is 24.3 Å². The second-order valence-corrected chi connectivity index (χ2v) is 4.47. The molecule has 2 rings (SSSR count). The molecule has 2 atom stereocenters. The van der Waals surface area contributed by atoms with Crippen molar-refractivity contribution < 1.29 is 4.42 Å². The highest BCUT2D eigenvalue weighted by Crippen LogP contribution is 2.14. The Morgan fingerprint density at radius 3 is 2.88 bits per heavy atom. The van der Waals surface area contributed by atoms with Gasteiger partial charge in [-0.3, -0.25) is 4.68 Å². The molecule has 0 amide bonds. The van der Waals surface area contributed by atoms with Crippen molar-refractivity contribution in [2.75, 3.05) is 0 Å². The van der Waals surface area contributed by atoms with Gasteiger partial charge in [0.1, 0.15) is 5.76 Å². The lowest BCUT2D eigenvalue weighted by atomic mass is 10.2. The van der Waals surface area contributed by atoms with E-state index in [1.807, 2.05) is 23.0 Å². The summed E-state index contributed by atoms with van der Waals surface area (Å²) < 4.78 is 7.22. The second kappa shape index (κ2) is 5.38. The SMILES string of the molecule is C[C@H](NCc1ccc(Cl)o1)[C@@H](C)n1cccn1. The molecule has 4 nitrogen and oxygen atoms in total. The quantitative estimate of drug-likeness (QED) is 0.891. The third kappa shape index (κ3) is 3.11. The van der Waals surface area contributed by atoms with Crippen LogP contribution in [0, 0.1) is 0 Å². The fraction of sp³-hybridized carbons (Fsp3) is 0.417. The van der Waals surface area contributed by atoms with Crippen LogP contribution >= 0.6 is 11.6 Å². The maximum Gasteiger partial charge on any atom is 0.193 e. The Labute approximate surface area is 106 Å². The average Bonchev–Trinajstić information content (AvgIpc) is 2.95. The van der Waals surface area contributed by atoms with Gasteiger partial charge in [0.15, 0.2) is 5.22 Å². The van der Waals surface area contributed by atoms with Gasteiger partial charge in [0.2, 0.25) is 0 Å². The molecule has 2 aromatic heterocycles. The van der Waals surface area contributed by atoms with E-state index in [9.17, 15) is 0 Å². The zero-order valence-corrected chi connectivity index (χ0v) is 10.7. The average molecular weight is 254 g/mol. The fourth-order valence-corrected chi connectivity index (χ4v) is 1.79. The summed E-state index contributed by atoms with van der Waals surface area (Å²) in [6, 6.07) is 6.13. The molecule has 0 bridgehead atoms. The van der Waals surface area contributed by atoms with Crippen LogP contribution in [0.3, 0.4) is 0 Å². The molecule has 0 saturated heterocycles. The fourth-order valence-electron chi connectivity index (χ4n) is 1.63. The van der Waals surface area contributed by atoms with Crippen molar-refractivity contribution >= 4 is 11.6 Å².